The molecule has 38 heavy (non-hydrogen) atoms. The summed E-state index contributed by atoms with van der Waals surface area (Å²) in [6, 6.07) is 20.3. The van der Waals surface area contributed by atoms with Crippen LogP contribution in [0.1, 0.15) is 48.4 Å². The highest BCUT2D eigenvalue weighted by atomic mass is 16.5. The van der Waals surface area contributed by atoms with Gasteiger partial charge < -0.3 is 29.5 Å². The number of likely N-dealkylation sites (N-methyl/N-ethyl adjacent to an activating group) is 1. The number of fused-ring (bicyclic) bond motifs is 1. The maximum absolute atomic E-state index is 9.97. The third-order valence-electron chi connectivity index (χ3n) is 7.91. The number of hydrogen-bond acceptors (Lipinski definition) is 6. The van der Waals surface area contributed by atoms with Crippen LogP contribution in [0.3, 0.4) is 0 Å². The van der Waals surface area contributed by atoms with Gasteiger partial charge in [-0.3, -0.25) is 0 Å². The third kappa shape index (κ3) is 6.61. The van der Waals surface area contributed by atoms with Crippen molar-refractivity contribution in [3.63, 3.8) is 0 Å². The lowest BCUT2D eigenvalue weighted by molar-refractivity contribution is 0.114. The number of anilines is 1. The van der Waals surface area contributed by atoms with Gasteiger partial charge in [0.2, 0.25) is 0 Å². The highest BCUT2D eigenvalue weighted by molar-refractivity contribution is 5.60. The Bertz CT molecular complexity index is 1210. The molecule has 3 aromatic rings. The highest BCUT2D eigenvalue weighted by Gasteiger charge is 2.25. The topological polar surface area (TPSA) is 65.4 Å². The van der Waals surface area contributed by atoms with Crippen molar-refractivity contribution in [1.29, 1.82) is 0 Å². The SMILES string of the molecule is COc1ccc(C2CCc3cc(O)ccc3C2)c(N(CCO)Cc2ccc(OCC(C)(C)N(C)C)cc2)c1. The van der Waals surface area contributed by atoms with Crippen LogP contribution in [0.25, 0.3) is 0 Å². The zero-order valence-electron chi connectivity index (χ0n) is 23.4. The minimum Gasteiger partial charge on any atom is -0.508 e. The fourth-order valence-electron chi connectivity index (χ4n) is 4.98. The van der Waals surface area contributed by atoms with E-state index < -0.39 is 0 Å². The quantitative estimate of drug-likeness (QED) is 0.355. The van der Waals surface area contributed by atoms with Gasteiger partial charge in [0.1, 0.15) is 23.9 Å². The van der Waals surface area contributed by atoms with Gasteiger partial charge in [-0.15, -0.1) is 0 Å². The van der Waals surface area contributed by atoms with E-state index in [2.05, 4.69) is 68.1 Å². The molecule has 6 nitrogen and oxygen atoms in total. The molecule has 1 unspecified atom stereocenters. The number of aliphatic hydroxyl groups is 1. The maximum atomic E-state index is 9.97. The second kappa shape index (κ2) is 12.1. The van der Waals surface area contributed by atoms with E-state index in [0.717, 1.165) is 42.0 Å². The average Bonchev–Trinajstić information content (AvgIpc) is 2.91. The Labute approximate surface area is 227 Å². The Kier molecular flexibility index (Phi) is 8.85. The normalized spacial score (nSPS) is 15.3. The third-order valence-corrected chi connectivity index (χ3v) is 7.91. The van der Waals surface area contributed by atoms with Gasteiger partial charge in [0, 0.05) is 30.4 Å². The molecule has 1 aliphatic rings. The second-order valence-electron chi connectivity index (χ2n) is 11.1. The second-order valence-corrected chi connectivity index (χ2v) is 11.1. The summed E-state index contributed by atoms with van der Waals surface area (Å²) in [4.78, 5) is 4.41. The Morgan fingerprint density at radius 3 is 2.37 bits per heavy atom. The molecule has 1 atom stereocenters. The van der Waals surface area contributed by atoms with Gasteiger partial charge in [0.05, 0.1) is 13.7 Å². The smallest absolute Gasteiger partial charge is 0.120 e. The van der Waals surface area contributed by atoms with Crippen molar-refractivity contribution in [3.8, 4) is 17.2 Å². The van der Waals surface area contributed by atoms with Gasteiger partial charge >= 0.3 is 0 Å². The summed E-state index contributed by atoms with van der Waals surface area (Å²) in [5.41, 5.74) is 5.99. The Morgan fingerprint density at radius 2 is 1.68 bits per heavy atom. The predicted octanol–water partition coefficient (Wildman–Crippen LogP) is 5.39. The lowest BCUT2D eigenvalue weighted by Crippen LogP contribution is -2.43. The molecule has 0 aromatic heterocycles. The van der Waals surface area contributed by atoms with Crippen LogP contribution in [0.4, 0.5) is 5.69 Å². The summed E-state index contributed by atoms with van der Waals surface area (Å²) in [6.07, 6.45) is 2.88. The number of methoxy groups -OCH3 is 1. The number of ether oxygens (including phenoxy) is 2. The Morgan fingerprint density at radius 1 is 0.947 bits per heavy atom. The molecule has 1 aliphatic carbocycles. The predicted molar refractivity (Wildman–Crippen MR) is 154 cm³/mol. The van der Waals surface area contributed by atoms with Crippen molar-refractivity contribution >= 4 is 5.69 Å². The van der Waals surface area contributed by atoms with E-state index in [1.165, 1.54) is 16.7 Å². The number of phenolic OH excluding ortho intramolecular Hbond substituents is 1. The summed E-state index contributed by atoms with van der Waals surface area (Å²) in [6.45, 7) is 6.18. The lowest BCUT2D eigenvalue weighted by atomic mass is 9.79. The zero-order chi connectivity index (χ0) is 27.3. The average molecular weight is 519 g/mol. The van der Waals surface area contributed by atoms with Crippen LogP contribution < -0.4 is 14.4 Å². The number of benzene rings is 3. The van der Waals surface area contributed by atoms with Gasteiger partial charge in [0.25, 0.3) is 0 Å². The fourth-order valence-corrected chi connectivity index (χ4v) is 4.98. The molecule has 0 radical (unpaired) electrons. The molecule has 0 aliphatic heterocycles. The minimum absolute atomic E-state index is 0.0562. The molecule has 2 N–H and O–H groups in total. The number of aliphatic hydroxyl groups excluding tert-OH is 1. The van der Waals surface area contributed by atoms with Gasteiger partial charge in [-0.1, -0.05) is 24.3 Å². The number of phenols is 1. The molecule has 0 fully saturated rings. The van der Waals surface area contributed by atoms with Crippen LogP contribution in [0.15, 0.2) is 60.7 Å². The highest BCUT2D eigenvalue weighted by Crippen LogP contribution is 2.40. The monoisotopic (exact) mass is 518 g/mol. The van der Waals surface area contributed by atoms with Crippen LogP contribution in [-0.4, -0.2) is 61.6 Å². The van der Waals surface area contributed by atoms with Crippen LogP contribution in [0.5, 0.6) is 17.2 Å². The number of rotatable bonds is 11. The molecule has 3 aromatic carbocycles. The van der Waals surface area contributed by atoms with Gasteiger partial charge in [-0.25, -0.2) is 0 Å². The molecular formula is C32H42N2O4. The van der Waals surface area contributed by atoms with E-state index in [0.29, 0.717) is 31.4 Å². The van der Waals surface area contributed by atoms with Crippen LogP contribution in [0.2, 0.25) is 0 Å². The van der Waals surface area contributed by atoms with Crippen molar-refractivity contribution in [2.45, 2.75) is 51.1 Å². The molecule has 204 valence electrons. The molecule has 6 heteroatoms. The van der Waals surface area contributed by atoms with E-state index >= 15 is 0 Å². The first-order chi connectivity index (χ1) is 18.2. The number of aromatic hydroxyl groups is 1. The molecule has 0 saturated heterocycles. The van der Waals surface area contributed by atoms with Crippen molar-refractivity contribution < 1.29 is 19.7 Å². The summed E-state index contributed by atoms with van der Waals surface area (Å²) in [5.74, 6) is 2.34. The zero-order valence-corrected chi connectivity index (χ0v) is 23.4. The Balaban J connectivity index is 1.55. The minimum atomic E-state index is -0.0562. The number of aryl methyl sites for hydroxylation is 1. The summed E-state index contributed by atoms with van der Waals surface area (Å²) in [7, 11) is 5.81. The van der Waals surface area contributed by atoms with E-state index in [4.69, 9.17) is 9.47 Å². The van der Waals surface area contributed by atoms with Gasteiger partial charge in [0.15, 0.2) is 0 Å². The first-order valence-corrected chi connectivity index (χ1v) is 13.4. The van der Waals surface area contributed by atoms with Crippen molar-refractivity contribution in [1.82, 2.24) is 4.90 Å². The van der Waals surface area contributed by atoms with Crippen LogP contribution in [-0.2, 0) is 19.4 Å². The molecular weight excluding hydrogens is 476 g/mol. The number of hydrogen-bond donors (Lipinski definition) is 2. The molecule has 0 heterocycles. The standard InChI is InChI=1S/C32H42N2O4/c1-32(2,33(3)4)22-38-28-12-6-23(7-13-28)21-34(16-17-35)31-20-29(37-5)14-15-30(31)26-9-8-25-19-27(36)11-10-24(25)18-26/h6-7,10-15,19-20,26,35-36H,8-9,16-18,21-22H2,1-5H3. The largest absolute Gasteiger partial charge is 0.508 e. The molecule has 0 amide bonds. The Hall–Kier alpha value is -3.22. The summed E-state index contributed by atoms with van der Waals surface area (Å²) >= 11 is 0. The van der Waals surface area contributed by atoms with E-state index in [1.807, 2.05) is 24.3 Å². The van der Waals surface area contributed by atoms with Crippen molar-refractivity contribution in [2.75, 3.05) is 45.9 Å². The number of nitrogens with zero attached hydrogens (tertiary/aromatic N) is 2. The van der Waals surface area contributed by atoms with Crippen LogP contribution >= 0.6 is 0 Å². The van der Waals surface area contributed by atoms with Crippen LogP contribution in [0, 0.1) is 0 Å². The first-order valence-electron chi connectivity index (χ1n) is 13.4. The van der Waals surface area contributed by atoms with Crippen molar-refractivity contribution in [3.05, 3.63) is 82.9 Å². The van der Waals surface area contributed by atoms with Gasteiger partial charge in [-0.05, 0) is 106 Å². The first kappa shape index (κ1) is 27.8. The lowest BCUT2D eigenvalue weighted by Gasteiger charge is -2.32. The van der Waals surface area contributed by atoms with E-state index in [-0.39, 0.29) is 12.1 Å². The molecule has 0 spiro atoms. The van der Waals surface area contributed by atoms with E-state index in [9.17, 15) is 10.2 Å². The maximum Gasteiger partial charge on any atom is 0.120 e. The molecule has 4 rings (SSSR count). The summed E-state index contributed by atoms with van der Waals surface area (Å²) < 4.78 is 11.7. The van der Waals surface area contributed by atoms with Gasteiger partial charge in [-0.2, -0.15) is 0 Å². The van der Waals surface area contributed by atoms with Crippen molar-refractivity contribution in [2.24, 2.45) is 0 Å². The molecule has 0 bridgehead atoms. The molecule has 0 saturated carbocycles. The summed E-state index contributed by atoms with van der Waals surface area (Å²) in [5, 5.41) is 19.9. The fraction of sp³-hybridized carbons (Fsp3) is 0.438. The van der Waals surface area contributed by atoms with E-state index in [1.54, 1.807) is 13.2 Å².